The number of ether oxygens (including phenoxy) is 2. The summed E-state index contributed by atoms with van der Waals surface area (Å²) in [6, 6.07) is 35.0. The van der Waals surface area contributed by atoms with E-state index in [2.05, 4.69) is 30.8 Å². The van der Waals surface area contributed by atoms with Crippen LogP contribution in [0.25, 0.3) is 21.5 Å². The first-order valence-electron chi connectivity index (χ1n) is 22.1. The number of rotatable bonds is 14. The number of benzene rings is 8. The normalized spacial score (nSPS) is 11.9. The first kappa shape index (κ1) is 57.6. The molecule has 0 bridgehead atoms. The van der Waals surface area contributed by atoms with Crippen LogP contribution in [0.4, 0.5) is 34.1 Å². The van der Waals surface area contributed by atoms with E-state index in [1.807, 2.05) is 13.8 Å². The van der Waals surface area contributed by atoms with Crippen LogP contribution in [0.15, 0.2) is 169 Å². The van der Waals surface area contributed by atoms with Crippen molar-refractivity contribution in [2.24, 2.45) is 25.4 Å². The summed E-state index contributed by atoms with van der Waals surface area (Å²) >= 11 is 12.1. The van der Waals surface area contributed by atoms with Gasteiger partial charge in [0.25, 0.3) is 26.1 Å². The maximum absolute atomic E-state index is 13.4. The molecule has 0 heterocycles. The predicted octanol–water partition coefficient (Wildman–Crippen LogP) is 11.8. The monoisotopic (exact) mass is 1120 g/mol. The number of hydrogen-bond donors (Lipinski definition) is 4. The minimum atomic E-state index is -4.67. The van der Waals surface area contributed by atoms with Crippen molar-refractivity contribution in [1.82, 2.24) is 0 Å². The number of aliphatic imine (C=N–C) groups is 1. The zero-order valence-electron chi connectivity index (χ0n) is 40.1. The van der Waals surface area contributed by atoms with Crippen LogP contribution in [0.2, 0.25) is 10.0 Å². The molecule has 0 saturated heterocycles. The summed E-state index contributed by atoms with van der Waals surface area (Å²) in [5, 5.41) is 58.5. The molecule has 8 rings (SSSR count). The second kappa shape index (κ2) is 24.7. The van der Waals surface area contributed by atoms with Crippen molar-refractivity contribution in [1.29, 1.82) is 0 Å². The van der Waals surface area contributed by atoms with Crippen LogP contribution in [-0.2, 0) is 20.2 Å². The quantitative estimate of drug-likeness (QED) is 0.0260. The molecule has 8 aromatic rings. The third-order valence-electron chi connectivity index (χ3n) is 10.7. The first-order chi connectivity index (χ1) is 35.2. The van der Waals surface area contributed by atoms with Gasteiger partial charge in [0.1, 0.15) is 38.4 Å². The van der Waals surface area contributed by atoms with E-state index in [4.69, 9.17) is 32.7 Å². The van der Waals surface area contributed by atoms with E-state index in [0.717, 1.165) is 0 Å². The van der Waals surface area contributed by atoms with Crippen LogP contribution in [0.1, 0.15) is 40.9 Å². The van der Waals surface area contributed by atoms with E-state index >= 15 is 0 Å². The number of halogens is 2. The molecule has 380 valence electrons. The number of aromatic hydroxyl groups is 1. The van der Waals surface area contributed by atoms with Crippen LogP contribution in [-0.4, -0.2) is 93.8 Å². The van der Waals surface area contributed by atoms with Gasteiger partial charge in [-0.1, -0.05) is 89.6 Å². The van der Waals surface area contributed by atoms with E-state index < -0.39 is 53.3 Å². The zero-order valence-corrected chi connectivity index (χ0v) is 45.5. The topological polar surface area (TPSA) is 284 Å². The van der Waals surface area contributed by atoms with Gasteiger partial charge >= 0.3 is 37.7 Å². The van der Waals surface area contributed by atoms with Crippen molar-refractivity contribution >= 4 is 149 Å². The Morgan fingerprint density at radius 2 is 1.11 bits per heavy atom. The fourth-order valence-electron chi connectivity index (χ4n) is 7.63. The molecule has 4 N–H and O–H groups in total. The maximum atomic E-state index is 13.4. The van der Waals surface area contributed by atoms with Crippen LogP contribution in [0.3, 0.4) is 0 Å². The summed E-state index contributed by atoms with van der Waals surface area (Å²) in [6.07, 6.45) is 0. The molecule has 0 saturated carbocycles. The molecular formula is C52H42CaCl2N6O12S2. The van der Waals surface area contributed by atoms with Gasteiger partial charge in [0.05, 0.1) is 30.2 Å². The molecule has 0 atom stereocenters. The number of aryl methyl sites for hydroxylation is 2. The molecule has 0 fully saturated rings. The average Bonchev–Trinajstić information content (AvgIpc) is 3.32. The summed E-state index contributed by atoms with van der Waals surface area (Å²) in [7, 11) is -9.32. The minimum absolute atomic E-state index is 0. The smallest absolute Gasteiger partial charge is 0.871 e. The average molecular weight is 1120 g/mol. The summed E-state index contributed by atoms with van der Waals surface area (Å²) in [5.74, 6) is -1.51. The summed E-state index contributed by atoms with van der Waals surface area (Å²) in [5.41, 5.74) is 0.0115. The molecule has 1 amide bonds. The number of phenolic OH excluding ortho intramolecular Hbond substituents is 1. The second-order valence-corrected chi connectivity index (χ2v) is 19.5. The molecular weight excluding hydrogens is 1080 g/mol. The number of anilines is 1. The van der Waals surface area contributed by atoms with Crippen LogP contribution < -0.4 is 25.0 Å². The van der Waals surface area contributed by atoms with Gasteiger partial charge in [-0.15, -0.1) is 15.3 Å². The Morgan fingerprint density at radius 1 is 0.627 bits per heavy atom. The van der Waals surface area contributed by atoms with Gasteiger partial charge < -0.3 is 30.1 Å². The summed E-state index contributed by atoms with van der Waals surface area (Å²) < 4.78 is 78.1. The number of nitrogens with zero attached hydrogens (tertiary/aromatic N) is 5. The summed E-state index contributed by atoms with van der Waals surface area (Å²) in [4.78, 5) is 16.2. The molecule has 0 aliphatic heterocycles. The number of phenols is 1. The Hall–Kier alpha value is -6.72. The van der Waals surface area contributed by atoms with Gasteiger partial charge in [-0.2, -0.15) is 21.9 Å². The number of nitrogens with one attached hydrogen (secondary N) is 1. The van der Waals surface area contributed by atoms with Gasteiger partial charge in [-0.25, -0.2) is 0 Å². The molecule has 8 aromatic carbocycles. The summed E-state index contributed by atoms with van der Waals surface area (Å²) in [6.45, 7) is 7.46. The van der Waals surface area contributed by atoms with Gasteiger partial charge in [0, 0.05) is 38.6 Å². The fraction of sp³-hybridized carbons (Fsp3) is 0.115. The second-order valence-electron chi connectivity index (χ2n) is 15.9. The molecule has 0 aliphatic rings. The first-order valence-corrected chi connectivity index (χ1v) is 25.7. The number of carbonyl (C=O) groups is 1. The predicted molar refractivity (Wildman–Crippen MR) is 284 cm³/mol. The van der Waals surface area contributed by atoms with Crippen LogP contribution in [0, 0.1) is 13.8 Å². The number of carbonyl (C=O) groups excluding carboxylic acids is 1. The third-order valence-corrected chi connectivity index (χ3v) is 13.2. The number of azo groups is 2. The van der Waals surface area contributed by atoms with Crippen molar-refractivity contribution in [3.8, 4) is 23.0 Å². The maximum Gasteiger partial charge on any atom is 2.00 e. The van der Waals surface area contributed by atoms with E-state index in [0.29, 0.717) is 57.6 Å². The van der Waals surface area contributed by atoms with Gasteiger partial charge in [0.15, 0.2) is 5.75 Å². The number of hydrogen-bond acceptors (Lipinski definition) is 15. The number of fused-ring (bicyclic) bond motifs is 2. The largest absolute Gasteiger partial charge is 2.00 e. The molecule has 23 heteroatoms. The zero-order chi connectivity index (χ0) is 53.5. The molecule has 0 spiro atoms. The van der Waals surface area contributed by atoms with Gasteiger partial charge in [-0.05, 0) is 122 Å². The van der Waals surface area contributed by atoms with Gasteiger partial charge in [-0.3, -0.25) is 18.9 Å². The Labute approximate surface area is 470 Å². The van der Waals surface area contributed by atoms with E-state index in [1.54, 1.807) is 97.1 Å². The molecule has 0 radical (unpaired) electrons. The SMILES string of the molecule is CCOc1cccc(N=C([O-])c2cc3ccccc3c(N=Nc3cc(Cl)cc(C)c3S(=O)(=O)O)c2[O-])c1.CCOc1cccc(NC(=O)c2cc3ccccc3c(N=Nc3cc(Cl)cc(C)c3S(=O)(=O)O)c2O)c1.[Ca+2]. The van der Waals surface area contributed by atoms with E-state index in [9.17, 15) is 46.1 Å². The van der Waals surface area contributed by atoms with Crippen molar-refractivity contribution in [2.75, 3.05) is 18.5 Å². The van der Waals surface area contributed by atoms with E-state index in [1.165, 1.54) is 50.2 Å². The van der Waals surface area contributed by atoms with Crippen molar-refractivity contribution in [3.63, 3.8) is 0 Å². The van der Waals surface area contributed by atoms with Crippen molar-refractivity contribution in [3.05, 3.63) is 166 Å². The Morgan fingerprint density at radius 3 is 1.64 bits per heavy atom. The molecule has 0 aliphatic carbocycles. The fourth-order valence-corrected chi connectivity index (χ4v) is 9.82. The van der Waals surface area contributed by atoms with Gasteiger partial charge in [0.2, 0.25) is 0 Å². The molecule has 18 nitrogen and oxygen atoms in total. The van der Waals surface area contributed by atoms with Crippen molar-refractivity contribution in [2.45, 2.75) is 37.5 Å². The Balaban J connectivity index is 0.000000241. The molecule has 0 aromatic heterocycles. The minimum Gasteiger partial charge on any atom is -0.871 e. The number of amides is 1. The molecule has 0 unspecified atom stereocenters. The van der Waals surface area contributed by atoms with E-state index in [-0.39, 0.29) is 92.8 Å². The van der Waals surface area contributed by atoms with Crippen LogP contribution in [0.5, 0.6) is 23.0 Å². The molecule has 75 heavy (non-hydrogen) atoms. The Bertz CT molecular complexity index is 3830. The Kier molecular flexibility index (Phi) is 19.0. The third kappa shape index (κ3) is 14.0. The standard InChI is InChI=1S/2C26H22ClN3O6S.Ca/c2*1-3-36-19-9-6-8-18(14-19)28-26(32)21-12-16-7-4-5-10-20(16)23(24(21)31)30-29-22-13-17(27)11-15(2)25(22)37(33,34)35;/h2*4-14,31H,3H2,1-2H3,(H,28,32)(H,33,34,35);/q;;+2/p-2. The van der Waals surface area contributed by atoms with Crippen molar-refractivity contribution < 1.29 is 55.5 Å². The van der Waals surface area contributed by atoms with Crippen LogP contribution >= 0.6 is 23.2 Å².